The predicted molar refractivity (Wildman–Crippen MR) is 90.4 cm³/mol. The van der Waals surface area contributed by atoms with Crippen molar-refractivity contribution in [1.82, 2.24) is 19.7 Å². The van der Waals surface area contributed by atoms with Gasteiger partial charge in [-0.3, -0.25) is 14.3 Å². The molecule has 1 aliphatic rings. The first-order valence-electron chi connectivity index (χ1n) is 7.83. The topological polar surface area (TPSA) is 77.0 Å². The molecule has 23 heavy (non-hydrogen) atoms. The molecule has 1 aliphatic heterocycles. The van der Waals surface area contributed by atoms with Crippen molar-refractivity contribution in [2.75, 3.05) is 13.1 Å². The molecule has 1 amide bonds. The van der Waals surface area contributed by atoms with E-state index in [1.165, 1.54) is 24.6 Å². The van der Waals surface area contributed by atoms with Crippen LogP contribution in [0.3, 0.4) is 0 Å². The summed E-state index contributed by atoms with van der Waals surface area (Å²) in [7, 11) is 0. The first-order chi connectivity index (χ1) is 11.1. The van der Waals surface area contributed by atoms with Crippen LogP contribution in [0.1, 0.15) is 25.6 Å². The van der Waals surface area contributed by atoms with Gasteiger partial charge in [0.05, 0.1) is 11.8 Å². The van der Waals surface area contributed by atoms with Gasteiger partial charge >= 0.3 is 0 Å². The average Bonchev–Trinajstić information content (AvgIpc) is 3.19. The fraction of sp³-hybridized carbons (Fsp3) is 0.438. The number of likely N-dealkylation sites (tertiary alicyclic amines) is 1. The largest absolute Gasteiger partial charge is 0.369 e. The van der Waals surface area contributed by atoms with Crippen LogP contribution in [0.4, 0.5) is 0 Å². The molecule has 0 saturated carbocycles. The van der Waals surface area contributed by atoms with Crippen molar-refractivity contribution >= 4 is 17.7 Å². The zero-order valence-electron chi connectivity index (χ0n) is 13.2. The van der Waals surface area contributed by atoms with Crippen molar-refractivity contribution in [3.8, 4) is 5.69 Å². The monoisotopic (exact) mass is 331 g/mol. The number of rotatable bonds is 6. The molecule has 1 unspecified atom stereocenters. The Morgan fingerprint density at radius 1 is 1.26 bits per heavy atom. The number of para-hydroxylation sites is 1. The van der Waals surface area contributed by atoms with Crippen molar-refractivity contribution in [1.29, 1.82) is 0 Å². The molecule has 1 saturated heterocycles. The Morgan fingerprint density at radius 2 is 1.96 bits per heavy atom. The van der Waals surface area contributed by atoms with E-state index in [9.17, 15) is 4.79 Å². The molecule has 6 nitrogen and oxygen atoms in total. The number of nitrogens with two attached hydrogens (primary N) is 1. The molecule has 7 heteroatoms. The molecule has 0 spiro atoms. The third-order valence-electron chi connectivity index (χ3n) is 3.96. The van der Waals surface area contributed by atoms with Crippen LogP contribution in [-0.2, 0) is 11.3 Å². The Labute approximate surface area is 140 Å². The van der Waals surface area contributed by atoms with E-state index in [1.54, 1.807) is 6.92 Å². The van der Waals surface area contributed by atoms with Gasteiger partial charge in [0.25, 0.3) is 0 Å². The van der Waals surface area contributed by atoms with E-state index < -0.39 is 0 Å². The molecule has 122 valence electrons. The van der Waals surface area contributed by atoms with E-state index >= 15 is 0 Å². The van der Waals surface area contributed by atoms with Crippen LogP contribution in [0.25, 0.3) is 5.69 Å². The second kappa shape index (κ2) is 7.14. The third-order valence-corrected chi connectivity index (χ3v) is 5.02. The minimum absolute atomic E-state index is 0.346. The van der Waals surface area contributed by atoms with E-state index in [0.29, 0.717) is 5.16 Å². The van der Waals surface area contributed by atoms with Crippen LogP contribution >= 0.6 is 11.8 Å². The highest BCUT2D eigenvalue weighted by atomic mass is 32.2. The summed E-state index contributed by atoms with van der Waals surface area (Å²) >= 11 is 1.35. The molecule has 0 bridgehead atoms. The number of amides is 1. The standard InChI is InChI=1S/C16H21N5OS/c1-12(15(17)22)23-16-19-18-14(11-20-9-5-6-10-20)21(16)13-7-3-2-4-8-13/h2-4,7-8,12H,5-6,9-11H2,1H3,(H2,17,22). The number of hydrogen-bond donors (Lipinski definition) is 1. The maximum absolute atomic E-state index is 11.4. The zero-order valence-corrected chi connectivity index (χ0v) is 14.0. The molecule has 0 radical (unpaired) electrons. The number of benzene rings is 1. The van der Waals surface area contributed by atoms with E-state index in [2.05, 4.69) is 15.1 Å². The summed E-state index contributed by atoms with van der Waals surface area (Å²) in [6.45, 7) is 4.76. The minimum atomic E-state index is -0.348. The summed E-state index contributed by atoms with van der Waals surface area (Å²) in [5, 5.41) is 9.02. The molecular weight excluding hydrogens is 310 g/mol. The number of hydrogen-bond acceptors (Lipinski definition) is 5. The zero-order chi connectivity index (χ0) is 16.2. The van der Waals surface area contributed by atoms with Crippen LogP contribution in [0.15, 0.2) is 35.5 Å². The fourth-order valence-electron chi connectivity index (χ4n) is 2.67. The normalized spacial score (nSPS) is 16.6. The van der Waals surface area contributed by atoms with Crippen LogP contribution in [0.5, 0.6) is 0 Å². The maximum atomic E-state index is 11.4. The van der Waals surface area contributed by atoms with Crippen molar-refractivity contribution in [2.45, 2.75) is 36.7 Å². The lowest BCUT2D eigenvalue weighted by Gasteiger charge is -2.16. The van der Waals surface area contributed by atoms with Gasteiger partial charge in [0.1, 0.15) is 0 Å². The van der Waals surface area contributed by atoms with Gasteiger partial charge in [0, 0.05) is 5.69 Å². The van der Waals surface area contributed by atoms with Crippen LogP contribution in [-0.4, -0.2) is 43.9 Å². The Kier molecular flexibility index (Phi) is 4.97. The van der Waals surface area contributed by atoms with Gasteiger partial charge in [0.15, 0.2) is 11.0 Å². The third kappa shape index (κ3) is 3.73. The SMILES string of the molecule is CC(Sc1nnc(CN2CCCC2)n1-c1ccccc1)C(N)=O. The molecule has 3 rings (SSSR count). The van der Waals surface area contributed by atoms with Crippen molar-refractivity contribution in [3.63, 3.8) is 0 Å². The highest BCUT2D eigenvalue weighted by Crippen LogP contribution is 2.26. The van der Waals surface area contributed by atoms with Crippen molar-refractivity contribution in [3.05, 3.63) is 36.2 Å². The number of aromatic nitrogens is 3. The quantitative estimate of drug-likeness (QED) is 0.817. The maximum Gasteiger partial charge on any atom is 0.230 e. The Bertz CT molecular complexity index is 666. The van der Waals surface area contributed by atoms with Gasteiger partial charge in [0.2, 0.25) is 5.91 Å². The highest BCUT2D eigenvalue weighted by molar-refractivity contribution is 8.00. The lowest BCUT2D eigenvalue weighted by molar-refractivity contribution is -0.117. The molecule has 2 aromatic rings. The van der Waals surface area contributed by atoms with Crippen LogP contribution in [0, 0.1) is 0 Å². The Hall–Kier alpha value is -1.86. The fourth-order valence-corrected chi connectivity index (χ4v) is 3.51. The first kappa shape index (κ1) is 16.0. The number of primary amides is 1. The van der Waals surface area contributed by atoms with Gasteiger partial charge in [-0.1, -0.05) is 30.0 Å². The Morgan fingerprint density at radius 3 is 2.61 bits per heavy atom. The predicted octanol–water partition coefficient (Wildman–Crippen LogP) is 1.83. The van der Waals surface area contributed by atoms with E-state index in [0.717, 1.165) is 31.1 Å². The molecule has 0 aliphatic carbocycles. The summed E-state index contributed by atoms with van der Waals surface area (Å²) < 4.78 is 2.03. The van der Waals surface area contributed by atoms with Crippen molar-refractivity contribution in [2.24, 2.45) is 5.73 Å². The van der Waals surface area contributed by atoms with E-state index in [1.807, 2.05) is 34.9 Å². The van der Waals surface area contributed by atoms with Gasteiger partial charge in [-0.15, -0.1) is 10.2 Å². The molecule has 1 aromatic carbocycles. The lowest BCUT2D eigenvalue weighted by Crippen LogP contribution is -2.23. The van der Waals surface area contributed by atoms with E-state index in [-0.39, 0.29) is 11.2 Å². The minimum Gasteiger partial charge on any atom is -0.369 e. The molecule has 1 aromatic heterocycles. The van der Waals surface area contributed by atoms with Gasteiger partial charge < -0.3 is 5.73 Å². The summed E-state index contributed by atoms with van der Waals surface area (Å²) in [5.41, 5.74) is 6.39. The second-order valence-electron chi connectivity index (χ2n) is 5.72. The average molecular weight is 331 g/mol. The Balaban J connectivity index is 1.92. The molecule has 1 atom stereocenters. The molecule has 2 N–H and O–H groups in total. The highest BCUT2D eigenvalue weighted by Gasteiger charge is 2.21. The molecular formula is C16H21N5OS. The number of carbonyl (C=O) groups excluding carboxylic acids is 1. The van der Waals surface area contributed by atoms with E-state index in [4.69, 9.17) is 5.73 Å². The summed E-state index contributed by atoms with van der Waals surface area (Å²) in [6.07, 6.45) is 2.47. The molecule has 2 heterocycles. The van der Waals surface area contributed by atoms with Gasteiger partial charge in [-0.25, -0.2) is 0 Å². The van der Waals surface area contributed by atoms with Crippen LogP contribution in [0.2, 0.25) is 0 Å². The van der Waals surface area contributed by atoms with Gasteiger partial charge in [-0.2, -0.15) is 0 Å². The van der Waals surface area contributed by atoms with Crippen molar-refractivity contribution < 1.29 is 4.79 Å². The first-order valence-corrected chi connectivity index (χ1v) is 8.71. The summed E-state index contributed by atoms with van der Waals surface area (Å²) in [5.74, 6) is 0.552. The molecule has 1 fully saturated rings. The number of carbonyl (C=O) groups is 1. The lowest BCUT2D eigenvalue weighted by atomic mass is 10.3. The smallest absolute Gasteiger partial charge is 0.230 e. The summed E-state index contributed by atoms with van der Waals surface area (Å²) in [6, 6.07) is 10.0. The summed E-state index contributed by atoms with van der Waals surface area (Å²) in [4.78, 5) is 13.8. The van der Waals surface area contributed by atoms with Crippen LogP contribution < -0.4 is 5.73 Å². The number of thioether (sulfide) groups is 1. The van der Waals surface area contributed by atoms with Gasteiger partial charge in [-0.05, 0) is 45.0 Å². The second-order valence-corrected chi connectivity index (χ2v) is 7.02. The number of nitrogens with zero attached hydrogens (tertiary/aromatic N) is 4.